The molecule has 0 aliphatic rings. The molecule has 0 aliphatic carbocycles. The third-order valence-corrected chi connectivity index (χ3v) is 2.42. The van der Waals surface area contributed by atoms with Crippen molar-refractivity contribution in [1.29, 1.82) is 0 Å². The summed E-state index contributed by atoms with van der Waals surface area (Å²) in [5, 5.41) is 5.22. The maximum atomic E-state index is 12.7. The summed E-state index contributed by atoms with van der Waals surface area (Å²) in [6, 6.07) is 4.86. The van der Waals surface area contributed by atoms with Gasteiger partial charge in [0.2, 0.25) is 11.8 Å². The molecule has 0 saturated heterocycles. The second-order valence-electron chi connectivity index (χ2n) is 4.42. The number of rotatable bonds is 4. The lowest BCUT2D eigenvalue weighted by Crippen LogP contribution is -2.46. The summed E-state index contributed by atoms with van der Waals surface area (Å²) in [7, 11) is 0. The Morgan fingerprint density at radius 3 is 2.17 bits per heavy atom. The fourth-order valence-corrected chi connectivity index (χ4v) is 1.51. The van der Waals surface area contributed by atoms with E-state index in [1.165, 1.54) is 31.2 Å². The summed E-state index contributed by atoms with van der Waals surface area (Å²) in [4.78, 5) is 23.0. The first kappa shape index (κ1) is 14.2. The highest BCUT2D eigenvalue weighted by molar-refractivity contribution is 5.97. The zero-order valence-electron chi connectivity index (χ0n) is 10.7. The molecule has 0 bridgehead atoms. The van der Waals surface area contributed by atoms with Gasteiger partial charge in [0.15, 0.2) is 0 Å². The number of hydrogen-bond donors (Lipinski definition) is 2. The molecule has 0 radical (unpaired) electrons. The molecule has 0 spiro atoms. The van der Waals surface area contributed by atoms with Gasteiger partial charge in [0.1, 0.15) is 11.9 Å². The number of benzene rings is 1. The highest BCUT2D eigenvalue weighted by Gasteiger charge is 2.22. The van der Waals surface area contributed by atoms with Crippen LogP contribution in [0.5, 0.6) is 0 Å². The summed E-state index contributed by atoms with van der Waals surface area (Å²) < 4.78 is 12.7. The van der Waals surface area contributed by atoms with E-state index >= 15 is 0 Å². The molecule has 0 saturated carbocycles. The molecular weight excluding hydrogens is 235 g/mol. The van der Waals surface area contributed by atoms with Gasteiger partial charge in [-0.15, -0.1) is 0 Å². The van der Waals surface area contributed by atoms with Gasteiger partial charge in [-0.3, -0.25) is 9.59 Å². The van der Waals surface area contributed by atoms with E-state index in [9.17, 15) is 14.0 Å². The van der Waals surface area contributed by atoms with Gasteiger partial charge in [0.05, 0.1) is 0 Å². The number of amides is 2. The minimum absolute atomic E-state index is 0.0330. The van der Waals surface area contributed by atoms with Crippen molar-refractivity contribution in [2.24, 2.45) is 5.92 Å². The molecule has 0 fully saturated rings. The largest absolute Gasteiger partial charge is 0.344 e. The molecule has 4 nitrogen and oxygen atoms in total. The first-order valence-corrected chi connectivity index (χ1v) is 5.73. The molecule has 2 amide bonds. The van der Waals surface area contributed by atoms with E-state index in [0.717, 1.165) is 0 Å². The second-order valence-corrected chi connectivity index (χ2v) is 4.42. The van der Waals surface area contributed by atoms with Crippen LogP contribution in [0.25, 0.3) is 0 Å². The molecule has 0 heterocycles. The predicted molar refractivity (Wildman–Crippen MR) is 67.5 cm³/mol. The third kappa shape index (κ3) is 4.16. The Bertz CT molecular complexity index is 429. The lowest BCUT2D eigenvalue weighted by atomic mass is 10.0. The molecule has 0 aromatic heterocycles. The quantitative estimate of drug-likeness (QED) is 0.860. The highest BCUT2D eigenvalue weighted by atomic mass is 19.1. The first-order valence-electron chi connectivity index (χ1n) is 5.73. The van der Waals surface area contributed by atoms with Gasteiger partial charge in [0, 0.05) is 12.6 Å². The van der Waals surface area contributed by atoms with Gasteiger partial charge >= 0.3 is 0 Å². The summed E-state index contributed by atoms with van der Waals surface area (Å²) >= 11 is 0. The maximum absolute atomic E-state index is 12.7. The second kappa shape index (κ2) is 6.14. The Morgan fingerprint density at radius 1 is 1.17 bits per heavy atom. The lowest BCUT2D eigenvalue weighted by molar-refractivity contribution is -0.126. The summed E-state index contributed by atoms with van der Waals surface area (Å²) in [6.07, 6.45) is 0. The summed E-state index contributed by atoms with van der Waals surface area (Å²) in [6.45, 7) is 5.04. The Balaban J connectivity index is 2.72. The fourth-order valence-electron chi connectivity index (χ4n) is 1.51. The van der Waals surface area contributed by atoms with Crippen molar-refractivity contribution in [3.8, 4) is 0 Å². The summed E-state index contributed by atoms with van der Waals surface area (Å²) in [5.74, 6) is -0.973. The van der Waals surface area contributed by atoms with Crippen LogP contribution in [0.1, 0.15) is 20.8 Å². The molecular formula is C13H17FN2O2. The molecule has 0 aliphatic heterocycles. The van der Waals surface area contributed by atoms with Crippen molar-refractivity contribution in [3.63, 3.8) is 0 Å². The maximum Gasteiger partial charge on any atom is 0.247 e. The van der Waals surface area contributed by atoms with Crippen molar-refractivity contribution in [2.75, 3.05) is 5.32 Å². The van der Waals surface area contributed by atoms with Crippen LogP contribution in [0, 0.1) is 11.7 Å². The van der Waals surface area contributed by atoms with Crippen molar-refractivity contribution in [2.45, 2.75) is 26.8 Å². The molecule has 98 valence electrons. The number of carbonyl (C=O) groups is 2. The smallest absolute Gasteiger partial charge is 0.247 e. The average Bonchev–Trinajstić information content (AvgIpc) is 2.28. The number of nitrogens with one attached hydrogen (secondary N) is 2. The minimum atomic E-state index is -0.604. The molecule has 18 heavy (non-hydrogen) atoms. The van der Waals surface area contributed by atoms with Gasteiger partial charge in [-0.25, -0.2) is 4.39 Å². The fraction of sp³-hybridized carbons (Fsp3) is 0.385. The van der Waals surface area contributed by atoms with Crippen LogP contribution < -0.4 is 10.6 Å². The normalized spacial score (nSPS) is 12.1. The molecule has 1 aromatic rings. The van der Waals surface area contributed by atoms with E-state index in [0.29, 0.717) is 5.69 Å². The Kier molecular flexibility index (Phi) is 4.83. The molecule has 0 unspecified atom stereocenters. The number of hydrogen-bond acceptors (Lipinski definition) is 2. The Hall–Kier alpha value is -1.91. The van der Waals surface area contributed by atoms with Crippen molar-refractivity contribution in [3.05, 3.63) is 30.1 Å². The van der Waals surface area contributed by atoms with Crippen LogP contribution in [0.4, 0.5) is 10.1 Å². The van der Waals surface area contributed by atoms with Crippen molar-refractivity contribution in [1.82, 2.24) is 5.32 Å². The predicted octanol–water partition coefficient (Wildman–Crippen LogP) is 1.92. The zero-order chi connectivity index (χ0) is 13.7. The van der Waals surface area contributed by atoms with E-state index in [4.69, 9.17) is 0 Å². The van der Waals surface area contributed by atoms with Crippen molar-refractivity contribution < 1.29 is 14.0 Å². The van der Waals surface area contributed by atoms with Gasteiger partial charge in [-0.05, 0) is 30.2 Å². The van der Waals surface area contributed by atoms with Gasteiger partial charge in [-0.1, -0.05) is 13.8 Å². The molecule has 2 N–H and O–H groups in total. The van der Waals surface area contributed by atoms with Crippen LogP contribution in [0.3, 0.4) is 0 Å². The minimum Gasteiger partial charge on any atom is -0.344 e. The SMILES string of the molecule is CC(=O)N[C@H](C(=O)Nc1ccc(F)cc1)C(C)C. The molecule has 5 heteroatoms. The highest BCUT2D eigenvalue weighted by Crippen LogP contribution is 2.10. The van der Waals surface area contributed by atoms with E-state index < -0.39 is 6.04 Å². The Labute approximate surface area is 106 Å². The van der Waals surface area contributed by atoms with E-state index in [-0.39, 0.29) is 23.5 Å². The lowest BCUT2D eigenvalue weighted by Gasteiger charge is -2.20. The van der Waals surface area contributed by atoms with E-state index in [1.54, 1.807) is 0 Å². The standard InChI is InChI=1S/C13H17FN2O2/c1-8(2)12(15-9(3)17)13(18)16-11-6-4-10(14)5-7-11/h4-8,12H,1-3H3,(H,15,17)(H,16,18)/t12-/m0/s1. The number of anilines is 1. The van der Waals surface area contributed by atoms with Gasteiger partial charge in [0.25, 0.3) is 0 Å². The van der Waals surface area contributed by atoms with Crippen LogP contribution in [0.2, 0.25) is 0 Å². The third-order valence-electron chi connectivity index (χ3n) is 2.42. The molecule has 1 aromatic carbocycles. The van der Waals surface area contributed by atoms with Gasteiger partial charge in [-0.2, -0.15) is 0 Å². The van der Waals surface area contributed by atoms with Crippen LogP contribution >= 0.6 is 0 Å². The van der Waals surface area contributed by atoms with E-state index in [1.807, 2.05) is 13.8 Å². The zero-order valence-corrected chi connectivity index (χ0v) is 10.7. The molecule has 1 atom stereocenters. The Morgan fingerprint density at radius 2 is 1.72 bits per heavy atom. The van der Waals surface area contributed by atoms with Crippen molar-refractivity contribution >= 4 is 17.5 Å². The topological polar surface area (TPSA) is 58.2 Å². The molecule has 1 rings (SSSR count). The van der Waals surface area contributed by atoms with Crippen LogP contribution in [-0.2, 0) is 9.59 Å². The van der Waals surface area contributed by atoms with Gasteiger partial charge < -0.3 is 10.6 Å². The number of halogens is 1. The average molecular weight is 252 g/mol. The summed E-state index contributed by atoms with van der Waals surface area (Å²) in [5.41, 5.74) is 0.498. The van der Waals surface area contributed by atoms with E-state index in [2.05, 4.69) is 10.6 Å². The van der Waals surface area contributed by atoms with Crippen LogP contribution in [0.15, 0.2) is 24.3 Å². The monoisotopic (exact) mass is 252 g/mol. The first-order chi connectivity index (χ1) is 8.40. The number of carbonyl (C=O) groups excluding carboxylic acids is 2. The van der Waals surface area contributed by atoms with Crippen LogP contribution in [-0.4, -0.2) is 17.9 Å².